The number of halogens is 1. The van der Waals surface area contributed by atoms with Crippen LogP contribution in [-0.4, -0.2) is 18.2 Å². The summed E-state index contributed by atoms with van der Waals surface area (Å²) in [4.78, 5) is 4.08. The van der Waals surface area contributed by atoms with Crippen molar-refractivity contribution in [2.24, 2.45) is 0 Å². The molecular weight excluding hydrogens is 163 g/mol. The number of nitrogens with one attached hydrogen (secondary N) is 1. The highest BCUT2D eigenvalue weighted by atomic mass is 32.1. The summed E-state index contributed by atoms with van der Waals surface area (Å²) in [5.74, 6) is 0. The first kappa shape index (κ1) is 8.62. The molecular formula is C7H11FN2S. The Hall–Kier alpha value is -0.480. The van der Waals surface area contributed by atoms with E-state index in [1.807, 2.05) is 5.38 Å². The molecule has 11 heavy (non-hydrogen) atoms. The average Bonchev–Trinajstić information content (AvgIpc) is 2.50. The predicted molar refractivity (Wildman–Crippen MR) is 44.4 cm³/mol. The minimum Gasteiger partial charge on any atom is -0.311 e. The lowest BCUT2D eigenvalue weighted by atomic mass is 10.4. The molecule has 1 aromatic heterocycles. The van der Waals surface area contributed by atoms with Crippen LogP contribution in [0.2, 0.25) is 0 Å². The molecule has 0 spiro atoms. The third-order valence-electron chi connectivity index (χ3n) is 1.28. The molecule has 0 aliphatic heterocycles. The highest BCUT2D eigenvalue weighted by Gasteiger charge is 1.92. The van der Waals surface area contributed by atoms with Crippen molar-refractivity contribution in [2.45, 2.75) is 13.0 Å². The lowest BCUT2D eigenvalue weighted by Gasteiger charge is -1.98. The SMILES string of the molecule is FCCCNCc1cscn1. The van der Waals surface area contributed by atoms with Crippen molar-refractivity contribution in [3.05, 3.63) is 16.6 Å². The third kappa shape index (κ3) is 3.43. The molecule has 0 amide bonds. The molecule has 1 aromatic rings. The number of thiazole rings is 1. The van der Waals surface area contributed by atoms with Gasteiger partial charge in [0, 0.05) is 11.9 Å². The predicted octanol–water partition coefficient (Wildman–Crippen LogP) is 1.59. The van der Waals surface area contributed by atoms with E-state index in [1.165, 1.54) is 0 Å². The standard InChI is InChI=1S/C7H11FN2S/c8-2-1-3-9-4-7-5-11-6-10-7/h5-6,9H,1-4H2. The highest BCUT2D eigenvalue weighted by Crippen LogP contribution is 1.99. The van der Waals surface area contributed by atoms with E-state index in [4.69, 9.17) is 0 Å². The zero-order valence-corrected chi connectivity index (χ0v) is 7.03. The Morgan fingerprint density at radius 3 is 3.18 bits per heavy atom. The van der Waals surface area contributed by atoms with Crippen molar-refractivity contribution in [3.63, 3.8) is 0 Å². The van der Waals surface area contributed by atoms with E-state index < -0.39 is 0 Å². The van der Waals surface area contributed by atoms with E-state index in [0.29, 0.717) is 6.42 Å². The second-order valence-electron chi connectivity index (χ2n) is 2.20. The maximum absolute atomic E-state index is 11.6. The van der Waals surface area contributed by atoms with E-state index in [0.717, 1.165) is 18.8 Å². The second-order valence-corrected chi connectivity index (χ2v) is 2.92. The molecule has 0 aromatic carbocycles. The molecule has 0 radical (unpaired) electrons. The van der Waals surface area contributed by atoms with Gasteiger partial charge in [0.1, 0.15) is 0 Å². The van der Waals surface area contributed by atoms with Crippen LogP contribution in [0.3, 0.4) is 0 Å². The van der Waals surface area contributed by atoms with Gasteiger partial charge in [0.2, 0.25) is 0 Å². The normalized spacial score (nSPS) is 10.3. The summed E-state index contributed by atoms with van der Waals surface area (Å²) in [5, 5.41) is 5.08. The smallest absolute Gasteiger partial charge is 0.0906 e. The zero-order valence-electron chi connectivity index (χ0n) is 6.22. The molecule has 0 bridgehead atoms. The van der Waals surface area contributed by atoms with Crippen LogP contribution in [0, 0.1) is 0 Å². The Kier molecular flexibility index (Phi) is 4.08. The highest BCUT2D eigenvalue weighted by molar-refractivity contribution is 7.07. The molecule has 0 saturated carbocycles. The van der Waals surface area contributed by atoms with Gasteiger partial charge in [0.25, 0.3) is 0 Å². The topological polar surface area (TPSA) is 24.9 Å². The van der Waals surface area contributed by atoms with Crippen molar-refractivity contribution < 1.29 is 4.39 Å². The average molecular weight is 174 g/mol. The third-order valence-corrected chi connectivity index (χ3v) is 1.91. The molecule has 1 N–H and O–H groups in total. The maximum atomic E-state index is 11.6. The van der Waals surface area contributed by atoms with E-state index in [2.05, 4.69) is 10.3 Å². The Morgan fingerprint density at radius 1 is 1.64 bits per heavy atom. The lowest BCUT2D eigenvalue weighted by Crippen LogP contribution is -2.15. The van der Waals surface area contributed by atoms with Gasteiger partial charge in [-0.25, -0.2) is 4.98 Å². The van der Waals surface area contributed by atoms with Crippen LogP contribution < -0.4 is 5.32 Å². The van der Waals surface area contributed by atoms with Crippen molar-refractivity contribution in [2.75, 3.05) is 13.2 Å². The number of nitrogens with zero attached hydrogens (tertiary/aromatic N) is 1. The van der Waals surface area contributed by atoms with Crippen LogP contribution in [0.1, 0.15) is 12.1 Å². The van der Waals surface area contributed by atoms with Crippen LogP contribution >= 0.6 is 11.3 Å². The largest absolute Gasteiger partial charge is 0.311 e. The Labute approximate surface area is 69.5 Å². The molecule has 1 heterocycles. The zero-order chi connectivity index (χ0) is 7.94. The summed E-state index contributed by atoms with van der Waals surface area (Å²) in [5.41, 5.74) is 2.83. The minimum atomic E-state index is -0.246. The summed E-state index contributed by atoms with van der Waals surface area (Å²) in [7, 11) is 0. The van der Waals surface area contributed by atoms with Gasteiger partial charge in [-0.15, -0.1) is 11.3 Å². The number of rotatable bonds is 5. The molecule has 62 valence electrons. The minimum absolute atomic E-state index is 0.246. The molecule has 0 atom stereocenters. The maximum Gasteiger partial charge on any atom is 0.0906 e. The molecule has 0 aliphatic rings. The van der Waals surface area contributed by atoms with E-state index in [1.54, 1.807) is 16.8 Å². The van der Waals surface area contributed by atoms with Crippen LogP contribution in [-0.2, 0) is 6.54 Å². The first-order valence-electron chi connectivity index (χ1n) is 3.57. The molecule has 4 heteroatoms. The van der Waals surface area contributed by atoms with Crippen molar-refractivity contribution in [1.82, 2.24) is 10.3 Å². The van der Waals surface area contributed by atoms with Crippen molar-refractivity contribution >= 4 is 11.3 Å². The number of hydrogen-bond acceptors (Lipinski definition) is 3. The van der Waals surface area contributed by atoms with E-state index in [-0.39, 0.29) is 6.67 Å². The van der Waals surface area contributed by atoms with Gasteiger partial charge in [-0.2, -0.15) is 0 Å². The fourth-order valence-corrected chi connectivity index (χ4v) is 1.29. The summed E-state index contributed by atoms with van der Waals surface area (Å²) in [6.45, 7) is 1.24. The second kappa shape index (κ2) is 5.21. The van der Waals surface area contributed by atoms with E-state index in [9.17, 15) is 4.39 Å². The molecule has 0 saturated heterocycles. The van der Waals surface area contributed by atoms with Gasteiger partial charge < -0.3 is 5.32 Å². The van der Waals surface area contributed by atoms with Crippen molar-refractivity contribution in [3.8, 4) is 0 Å². The monoisotopic (exact) mass is 174 g/mol. The van der Waals surface area contributed by atoms with Gasteiger partial charge in [-0.1, -0.05) is 0 Å². The Morgan fingerprint density at radius 2 is 2.55 bits per heavy atom. The number of alkyl halides is 1. The Balaban J connectivity index is 2.04. The van der Waals surface area contributed by atoms with Crippen LogP contribution in [0.5, 0.6) is 0 Å². The van der Waals surface area contributed by atoms with Gasteiger partial charge in [0.05, 0.1) is 17.9 Å². The first-order valence-corrected chi connectivity index (χ1v) is 4.51. The summed E-state index contributed by atoms with van der Waals surface area (Å²) in [6, 6.07) is 0. The lowest BCUT2D eigenvalue weighted by molar-refractivity contribution is 0.458. The molecule has 0 unspecified atom stereocenters. The first-order chi connectivity index (χ1) is 5.43. The van der Waals surface area contributed by atoms with Crippen LogP contribution in [0.15, 0.2) is 10.9 Å². The summed E-state index contributed by atoms with van der Waals surface area (Å²) < 4.78 is 11.6. The summed E-state index contributed by atoms with van der Waals surface area (Å²) >= 11 is 1.58. The van der Waals surface area contributed by atoms with Crippen LogP contribution in [0.4, 0.5) is 4.39 Å². The Bertz CT molecular complexity index is 177. The van der Waals surface area contributed by atoms with Gasteiger partial charge >= 0.3 is 0 Å². The van der Waals surface area contributed by atoms with Crippen molar-refractivity contribution in [1.29, 1.82) is 0 Å². The van der Waals surface area contributed by atoms with E-state index >= 15 is 0 Å². The molecule has 0 fully saturated rings. The van der Waals surface area contributed by atoms with Gasteiger partial charge in [0.15, 0.2) is 0 Å². The van der Waals surface area contributed by atoms with Gasteiger partial charge in [-0.3, -0.25) is 4.39 Å². The quantitative estimate of drug-likeness (QED) is 0.686. The fraction of sp³-hybridized carbons (Fsp3) is 0.571. The fourth-order valence-electron chi connectivity index (χ4n) is 0.733. The molecule has 1 rings (SSSR count). The number of hydrogen-bond donors (Lipinski definition) is 1. The molecule has 2 nitrogen and oxygen atoms in total. The molecule has 0 aliphatic carbocycles. The summed E-state index contributed by atoms with van der Waals surface area (Å²) in [6.07, 6.45) is 0.587. The number of aromatic nitrogens is 1. The van der Waals surface area contributed by atoms with Crippen LogP contribution in [0.25, 0.3) is 0 Å². The van der Waals surface area contributed by atoms with Gasteiger partial charge in [-0.05, 0) is 13.0 Å².